The Labute approximate surface area is 176 Å². The number of nitrogens with one attached hydrogen (secondary N) is 1. The third-order valence-corrected chi connectivity index (χ3v) is 4.42. The van der Waals surface area contributed by atoms with Crippen LogP contribution in [0.15, 0.2) is 88.4 Å². The molecule has 0 radical (unpaired) electrons. The zero-order valence-corrected chi connectivity index (χ0v) is 16.7. The molecular weight excluding hydrogens is 436 g/mol. The lowest BCUT2D eigenvalue weighted by atomic mass is 10.1. The zero-order valence-electron chi connectivity index (χ0n) is 15.2. The van der Waals surface area contributed by atoms with Gasteiger partial charge in [0.05, 0.1) is 11.8 Å². The number of aliphatic hydroxyl groups is 1. The molecule has 0 aliphatic carbocycles. The quantitative estimate of drug-likeness (QED) is 0.257. The van der Waals surface area contributed by atoms with Crippen LogP contribution in [0.25, 0.3) is 0 Å². The first kappa shape index (κ1) is 20.4. The molecule has 0 saturated carbocycles. The zero-order chi connectivity index (χ0) is 20.6. The van der Waals surface area contributed by atoms with Gasteiger partial charge in [-0.1, -0.05) is 64.5 Å². The monoisotopic (exact) mass is 452 g/mol. The SMILES string of the molecule is O=C(Oc1ccc(Br)cc1/C=N\NC(=O)[C@@H](O)c1ccccc1)c1ccccc1. The van der Waals surface area contributed by atoms with Crippen molar-refractivity contribution in [2.75, 3.05) is 0 Å². The maximum Gasteiger partial charge on any atom is 0.343 e. The number of aliphatic hydroxyl groups excluding tert-OH is 1. The molecule has 3 aromatic carbocycles. The Morgan fingerprint density at radius 2 is 1.66 bits per heavy atom. The van der Waals surface area contributed by atoms with E-state index in [4.69, 9.17) is 4.74 Å². The van der Waals surface area contributed by atoms with Crippen LogP contribution < -0.4 is 10.2 Å². The third kappa shape index (κ3) is 5.60. The average Bonchev–Trinajstić information content (AvgIpc) is 2.76. The van der Waals surface area contributed by atoms with Gasteiger partial charge in [-0.25, -0.2) is 10.2 Å². The molecule has 3 aromatic rings. The van der Waals surface area contributed by atoms with Crippen molar-refractivity contribution >= 4 is 34.0 Å². The lowest BCUT2D eigenvalue weighted by Gasteiger charge is -2.09. The van der Waals surface area contributed by atoms with Crippen molar-refractivity contribution in [3.8, 4) is 5.75 Å². The van der Waals surface area contributed by atoms with Crippen LogP contribution in [0.3, 0.4) is 0 Å². The third-order valence-electron chi connectivity index (χ3n) is 3.93. The molecule has 3 rings (SSSR count). The van der Waals surface area contributed by atoms with Gasteiger partial charge in [0.2, 0.25) is 0 Å². The summed E-state index contributed by atoms with van der Waals surface area (Å²) in [7, 11) is 0. The molecule has 0 aliphatic heterocycles. The van der Waals surface area contributed by atoms with E-state index in [1.54, 1.807) is 78.9 Å². The molecule has 29 heavy (non-hydrogen) atoms. The maximum absolute atomic E-state index is 12.3. The molecule has 7 heteroatoms. The molecule has 0 aliphatic rings. The summed E-state index contributed by atoms with van der Waals surface area (Å²) in [5.74, 6) is -0.903. The lowest BCUT2D eigenvalue weighted by molar-refractivity contribution is -0.129. The van der Waals surface area contributed by atoms with Crippen LogP contribution in [-0.2, 0) is 4.79 Å². The van der Waals surface area contributed by atoms with Crippen LogP contribution in [0.4, 0.5) is 0 Å². The predicted octanol–water partition coefficient (Wildman–Crippen LogP) is 3.85. The number of amides is 1. The van der Waals surface area contributed by atoms with Crippen LogP contribution in [0, 0.1) is 0 Å². The molecule has 2 N–H and O–H groups in total. The van der Waals surface area contributed by atoms with Crippen LogP contribution in [-0.4, -0.2) is 23.2 Å². The van der Waals surface area contributed by atoms with Crippen LogP contribution >= 0.6 is 15.9 Å². The first-order valence-electron chi connectivity index (χ1n) is 8.67. The van der Waals surface area contributed by atoms with E-state index in [0.29, 0.717) is 16.7 Å². The van der Waals surface area contributed by atoms with Gasteiger partial charge in [0.15, 0.2) is 6.10 Å². The van der Waals surface area contributed by atoms with Crippen molar-refractivity contribution in [1.82, 2.24) is 5.43 Å². The predicted molar refractivity (Wildman–Crippen MR) is 113 cm³/mol. The Balaban J connectivity index is 1.71. The van der Waals surface area contributed by atoms with Crippen molar-refractivity contribution in [2.45, 2.75) is 6.10 Å². The molecule has 0 bridgehead atoms. The number of rotatable bonds is 6. The number of halogens is 1. The molecule has 1 atom stereocenters. The van der Waals surface area contributed by atoms with Gasteiger partial charge in [0.25, 0.3) is 5.91 Å². The highest BCUT2D eigenvalue weighted by molar-refractivity contribution is 9.10. The summed E-state index contributed by atoms with van der Waals surface area (Å²) in [6.07, 6.45) is -0.000196. The van der Waals surface area contributed by atoms with E-state index in [2.05, 4.69) is 26.5 Å². The molecular formula is C22H17BrN2O4. The van der Waals surface area contributed by atoms with Crippen molar-refractivity contribution in [3.63, 3.8) is 0 Å². The number of hydrogen-bond acceptors (Lipinski definition) is 5. The number of hydrogen-bond donors (Lipinski definition) is 2. The smallest absolute Gasteiger partial charge is 0.343 e. The number of carbonyl (C=O) groups is 2. The standard InChI is InChI=1S/C22H17BrN2O4/c23-18-11-12-19(29-22(28)16-9-5-2-6-10-16)17(13-18)14-24-25-21(27)20(26)15-7-3-1-4-8-15/h1-14,20,26H,(H,25,27)/b24-14-/t20-/m0/s1. The summed E-state index contributed by atoms with van der Waals surface area (Å²) in [4.78, 5) is 24.4. The largest absolute Gasteiger partial charge is 0.422 e. The minimum Gasteiger partial charge on any atom is -0.422 e. The summed E-state index contributed by atoms with van der Waals surface area (Å²) >= 11 is 3.35. The van der Waals surface area contributed by atoms with Crippen LogP contribution in [0.2, 0.25) is 0 Å². The van der Waals surface area contributed by atoms with E-state index in [-0.39, 0.29) is 5.75 Å². The van der Waals surface area contributed by atoms with Gasteiger partial charge < -0.3 is 9.84 Å². The molecule has 6 nitrogen and oxygen atoms in total. The van der Waals surface area contributed by atoms with Gasteiger partial charge in [-0.3, -0.25) is 4.79 Å². The first-order valence-corrected chi connectivity index (χ1v) is 9.46. The highest BCUT2D eigenvalue weighted by Crippen LogP contribution is 2.23. The van der Waals surface area contributed by atoms with E-state index in [9.17, 15) is 14.7 Å². The van der Waals surface area contributed by atoms with E-state index < -0.39 is 18.0 Å². The second-order valence-corrected chi connectivity index (χ2v) is 6.90. The molecule has 0 spiro atoms. The molecule has 0 aromatic heterocycles. The lowest BCUT2D eigenvalue weighted by Crippen LogP contribution is -2.25. The highest BCUT2D eigenvalue weighted by Gasteiger charge is 2.16. The highest BCUT2D eigenvalue weighted by atomic mass is 79.9. The second kappa shape index (κ2) is 9.77. The summed E-state index contributed by atoms with van der Waals surface area (Å²) in [5, 5.41) is 13.9. The molecule has 0 fully saturated rings. The number of ether oxygens (including phenoxy) is 1. The average molecular weight is 453 g/mol. The van der Waals surface area contributed by atoms with Crippen molar-refractivity contribution in [3.05, 3.63) is 100 Å². The summed E-state index contributed by atoms with van der Waals surface area (Å²) in [6, 6.07) is 22.2. The van der Waals surface area contributed by atoms with E-state index in [1.165, 1.54) is 6.21 Å². The number of carbonyl (C=O) groups excluding carboxylic acids is 2. The van der Waals surface area contributed by atoms with Gasteiger partial charge in [-0.15, -0.1) is 0 Å². The Bertz CT molecular complexity index is 1020. The van der Waals surface area contributed by atoms with Gasteiger partial charge in [-0.2, -0.15) is 5.10 Å². The summed E-state index contributed by atoms with van der Waals surface area (Å²) in [5.41, 5.74) is 3.63. The van der Waals surface area contributed by atoms with Gasteiger partial charge in [0.1, 0.15) is 5.75 Å². The fourth-order valence-electron chi connectivity index (χ4n) is 2.46. The van der Waals surface area contributed by atoms with Crippen molar-refractivity contribution in [2.24, 2.45) is 5.10 Å². The number of esters is 1. The van der Waals surface area contributed by atoms with Crippen LogP contribution in [0.5, 0.6) is 5.75 Å². The van der Waals surface area contributed by atoms with E-state index >= 15 is 0 Å². The van der Waals surface area contributed by atoms with Crippen LogP contribution in [0.1, 0.15) is 27.6 Å². The van der Waals surface area contributed by atoms with Crippen molar-refractivity contribution < 1.29 is 19.4 Å². The van der Waals surface area contributed by atoms with E-state index in [1.807, 2.05) is 0 Å². The Morgan fingerprint density at radius 3 is 2.34 bits per heavy atom. The molecule has 0 saturated heterocycles. The van der Waals surface area contributed by atoms with E-state index in [0.717, 1.165) is 4.47 Å². The molecule has 146 valence electrons. The minimum absolute atomic E-state index is 0.281. The Hall–Kier alpha value is -3.29. The Morgan fingerprint density at radius 1 is 1.00 bits per heavy atom. The number of benzene rings is 3. The fourth-order valence-corrected chi connectivity index (χ4v) is 2.84. The topological polar surface area (TPSA) is 88.0 Å². The molecule has 1 amide bonds. The van der Waals surface area contributed by atoms with Gasteiger partial charge in [0, 0.05) is 10.0 Å². The van der Waals surface area contributed by atoms with Gasteiger partial charge >= 0.3 is 5.97 Å². The maximum atomic E-state index is 12.3. The molecule has 0 unspecified atom stereocenters. The summed E-state index contributed by atoms with van der Waals surface area (Å²) in [6.45, 7) is 0. The number of hydrazone groups is 1. The van der Waals surface area contributed by atoms with Crippen molar-refractivity contribution in [1.29, 1.82) is 0 Å². The Kier molecular flexibility index (Phi) is 6.89. The molecule has 0 heterocycles. The number of nitrogens with zero attached hydrogens (tertiary/aromatic N) is 1. The summed E-state index contributed by atoms with van der Waals surface area (Å²) < 4.78 is 6.19. The first-order chi connectivity index (χ1) is 14.0. The normalized spacial score (nSPS) is 11.8. The minimum atomic E-state index is -1.34. The fraction of sp³-hybridized carbons (Fsp3) is 0.0455. The van der Waals surface area contributed by atoms with Gasteiger partial charge in [-0.05, 0) is 35.9 Å². The second-order valence-electron chi connectivity index (χ2n) is 5.99.